The molecular formula is C27H27N5O. The van der Waals surface area contributed by atoms with Gasteiger partial charge in [0.25, 0.3) is 0 Å². The molecule has 0 N–H and O–H groups in total. The largest absolute Gasteiger partial charge is 0.357 e. The summed E-state index contributed by atoms with van der Waals surface area (Å²) in [5.41, 5.74) is 3.45. The van der Waals surface area contributed by atoms with Crippen LogP contribution in [0.25, 0.3) is 21.9 Å². The highest BCUT2D eigenvalue weighted by Gasteiger charge is 2.18. The number of pyridine rings is 2. The summed E-state index contributed by atoms with van der Waals surface area (Å²) in [6.45, 7) is 6.15. The molecule has 3 aromatic heterocycles. The molecule has 0 amide bonds. The fraction of sp³-hybridized carbons (Fsp3) is 0.296. The van der Waals surface area contributed by atoms with E-state index < -0.39 is 0 Å². The highest BCUT2D eigenvalue weighted by molar-refractivity contribution is 5.98. The number of carbonyl (C=O) groups excluding carboxylic acids is 1. The van der Waals surface area contributed by atoms with Crippen LogP contribution in [0.5, 0.6) is 0 Å². The molecular weight excluding hydrogens is 410 g/mol. The van der Waals surface area contributed by atoms with Gasteiger partial charge >= 0.3 is 0 Å². The van der Waals surface area contributed by atoms with E-state index in [1.807, 2.05) is 49.8 Å². The first-order chi connectivity index (χ1) is 16.0. The molecule has 0 bridgehead atoms. The molecule has 0 aliphatic carbocycles. The second-order valence-electron chi connectivity index (χ2n) is 8.93. The molecule has 0 atom stereocenters. The first kappa shape index (κ1) is 21.2. The van der Waals surface area contributed by atoms with Crippen molar-refractivity contribution in [3.8, 4) is 11.1 Å². The summed E-state index contributed by atoms with van der Waals surface area (Å²) in [5, 5.41) is 2.08. The van der Waals surface area contributed by atoms with Crippen molar-refractivity contribution >= 4 is 22.4 Å². The lowest BCUT2D eigenvalue weighted by atomic mass is 9.99. The number of Topliss-reactive ketones (excluding diaryl/α,β-unsaturated/α-hetero) is 1. The van der Waals surface area contributed by atoms with E-state index in [4.69, 9.17) is 0 Å². The quantitative estimate of drug-likeness (QED) is 0.407. The van der Waals surface area contributed by atoms with Crippen LogP contribution in [-0.4, -0.2) is 38.8 Å². The summed E-state index contributed by atoms with van der Waals surface area (Å²) in [5.74, 6) is 2.45. The van der Waals surface area contributed by atoms with Crippen LogP contribution in [-0.2, 0) is 6.42 Å². The monoisotopic (exact) mass is 437 g/mol. The van der Waals surface area contributed by atoms with Gasteiger partial charge in [-0.3, -0.25) is 9.78 Å². The number of aromatic nitrogens is 4. The van der Waals surface area contributed by atoms with Gasteiger partial charge in [0.2, 0.25) is 0 Å². The van der Waals surface area contributed by atoms with Crippen LogP contribution in [0.1, 0.15) is 41.6 Å². The molecule has 6 heteroatoms. The Bertz CT molecular complexity index is 1290. The molecule has 4 heterocycles. The zero-order valence-corrected chi connectivity index (χ0v) is 19.0. The van der Waals surface area contributed by atoms with Crippen molar-refractivity contribution in [1.82, 2.24) is 19.9 Å². The van der Waals surface area contributed by atoms with Crippen LogP contribution in [0.4, 0.5) is 5.82 Å². The van der Waals surface area contributed by atoms with Crippen molar-refractivity contribution in [1.29, 1.82) is 0 Å². The smallest absolute Gasteiger partial charge is 0.169 e. The number of hydrogen-bond acceptors (Lipinski definition) is 6. The van der Waals surface area contributed by atoms with Crippen molar-refractivity contribution in [2.24, 2.45) is 5.92 Å². The van der Waals surface area contributed by atoms with E-state index >= 15 is 0 Å². The summed E-state index contributed by atoms with van der Waals surface area (Å²) >= 11 is 0. The SMILES string of the molecule is Cc1ncc(-c2ccc3cnc(CC(=O)c4ccnc(N5CCC(C)CC5)c4)cc3c2)cn1. The van der Waals surface area contributed by atoms with Crippen molar-refractivity contribution < 1.29 is 4.79 Å². The number of hydrogen-bond donors (Lipinski definition) is 0. The Hall–Kier alpha value is -3.67. The van der Waals surface area contributed by atoms with E-state index in [9.17, 15) is 4.79 Å². The minimum absolute atomic E-state index is 0.0546. The number of aryl methyl sites for hydroxylation is 1. The molecule has 0 saturated carbocycles. The second-order valence-corrected chi connectivity index (χ2v) is 8.93. The van der Waals surface area contributed by atoms with Gasteiger partial charge in [0, 0.05) is 60.1 Å². The zero-order chi connectivity index (χ0) is 22.8. The Morgan fingerprint density at radius 3 is 2.48 bits per heavy atom. The van der Waals surface area contributed by atoms with Crippen molar-refractivity contribution in [3.05, 3.63) is 78.3 Å². The summed E-state index contributed by atoms with van der Waals surface area (Å²) < 4.78 is 0. The van der Waals surface area contributed by atoms with Gasteiger partial charge in [-0.2, -0.15) is 0 Å². The molecule has 1 saturated heterocycles. The average Bonchev–Trinajstić information content (AvgIpc) is 2.84. The predicted octanol–water partition coefficient (Wildman–Crippen LogP) is 5.06. The number of nitrogens with zero attached hydrogens (tertiary/aromatic N) is 5. The van der Waals surface area contributed by atoms with E-state index in [0.29, 0.717) is 5.56 Å². The molecule has 6 nitrogen and oxygen atoms in total. The Balaban J connectivity index is 1.36. The summed E-state index contributed by atoms with van der Waals surface area (Å²) in [7, 11) is 0. The Morgan fingerprint density at radius 2 is 1.70 bits per heavy atom. The van der Waals surface area contributed by atoms with Crippen molar-refractivity contribution in [2.75, 3.05) is 18.0 Å². The minimum atomic E-state index is 0.0546. The topological polar surface area (TPSA) is 71.9 Å². The van der Waals surface area contributed by atoms with Gasteiger partial charge in [0.15, 0.2) is 5.78 Å². The standard InChI is InChI=1S/C27H27N5O/c1-18-6-9-32(10-7-18)27-13-21(5-8-28-27)26(33)14-25-12-23-11-20(3-4-22(23)15-31-25)24-16-29-19(2)30-17-24/h3-5,8,11-13,15-18H,6-7,9-10,14H2,1-2H3. The first-order valence-electron chi connectivity index (χ1n) is 11.5. The highest BCUT2D eigenvalue weighted by atomic mass is 16.1. The molecule has 0 radical (unpaired) electrons. The number of carbonyl (C=O) groups is 1. The molecule has 1 aliphatic heterocycles. The molecule has 5 rings (SSSR count). The van der Waals surface area contributed by atoms with E-state index in [0.717, 1.165) is 71.1 Å². The fourth-order valence-electron chi connectivity index (χ4n) is 4.27. The molecule has 1 aromatic carbocycles. The van der Waals surface area contributed by atoms with Crippen LogP contribution in [0.15, 0.2) is 61.2 Å². The van der Waals surface area contributed by atoms with Gasteiger partial charge in [-0.05, 0) is 60.9 Å². The first-order valence-corrected chi connectivity index (χ1v) is 11.5. The molecule has 1 fully saturated rings. The lowest BCUT2D eigenvalue weighted by molar-refractivity contribution is 0.0992. The summed E-state index contributed by atoms with van der Waals surface area (Å²) in [4.78, 5) is 33.0. The van der Waals surface area contributed by atoms with Crippen LogP contribution < -0.4 is 4.90 Å². The minimum Gasteiger partial charge on any atom is -0.357 e. The van der Waals surface area contributed by atoms with Crippen molar-refractivity contribution in [3.63, 3.8) is 0 Å². The number of benzene rings is 1. The molecule has 0 unspecified atom stereocenters. The number of rotatable bonds is 5. The van der Waals surface area contributed by atoms with Crippen LogP contribution in [0.3, 0.4) is 0 Å². The molecule has 166 valence electrons. The Labute approximate surface area is 193 Å². The highest BCUT2D eigenvalue weighted by Crippen LogP contribution is 2.25. The third-order valence-corrected chi connectivity index (χ3v) is 6.41. The lowest BCUT2D eigenvalue weighted by Crippen LogP contribution is -2.33. The van der Waals surface area contributed by atoms with Gasteiger partial charge in [0.1, 0.15) is 11.6 Å². The lowest BCUT2D eigenvalue weighted by Gasteiger charge is -2.31. The third-order valence-electron chi connectivity index (χ3n) is 6.41. The number of fused-ring (bicyclic) bond motifs is 1. The van der Waals surface area contributed by atoms with Crippen LogP contribution in [0.2, 0.25) is 0 Å². The van der Waals surface area contributed by atoms with Gasteiger partial charge in [-0.1, -0.05) is 19.1 Å². The van der Waals surface area contributed by atoms with Crippen molar-refractivity contribution in [2.45, 2.75) is 33.1 Å². The average molecular weight is 438 g/mol. The maximum atomic E-state index is 13.1. The predicted molar refractivity (Wildman–Crippen MR) is 130 cm³/mol. The van der Waals surface area contributed by atoms with Crippen LogP contribution >= 0.6 is 0 Å². The zero-order valence-electron chi connectivity index (χ0n) is 19.0. The van der Waals surface area contributed by atoms with Gasteiger partial charge < -0.3 is 4.90 Å². The van der Waals surface area contributed by atoms with Gasteiger partial charge in [0.05, 0.1) is 6.42 Å². The molecule has 1 aliphatic rings. The summed E-state index contributed by atoms with van der Waals surface area (Å²) in [6, 6.07) is 11.9. The molecule has 0 spiro atoms. The maximum Gasteiger partial charge on any atom is 0.169 e. The van der Waals surface area contributed by atoms with Gasteiger partial charge in [-0.15, -0.1) is 0 Å². The van der Waals surface area contributed by atoms with E-state index in [-0.39, 0.29) is 12.2 Å². The fourth-order valence-corrected chi connectivity index (χ4v) is 4.27. The number of ketones is 1. The normalized spacial score (nSPS) is 14.5. The Kier molecular flexibility index (Phi) is 5.82. The van der Waals surface area contributed by atoms with E-state index in [1.165, 1.54) is 0 Å². The van der Waals surface area contributed by atoms with E-state index in [2.05, 4.69) is 37.8 Å². The maximum absolute atomic E-state index is 13.1. The number of piperidine rings is 1. The third kappa shape index (κ3) is 4.75. The summed E-state index contributed by atoms with van der Waals surface area (Å²) in [6.07, 6.45) is 9.83. The molecule has 4 aromatic rings. The number of anilines is 1. The van der Waals surface area contributed by atoms with Crippen LogP contribution in [0, 0.1) is 12.8 Å². The van der Waals surface area contributed by atoms with E-state index in [1.54, 1.807) is 12.3 Å². The van der Waals surface area contributed by atoms with Gasteiger partial charge in [-0.25, -0.2) is 15.0 Å². The molecule has 33 heavy (non-hydrogen) atoms. The second kappa shape index (κ2) is 9.06. The Morgan fingerprint density at radius 1 is 0.909 bits per heavy atom.